The lowest BCUT2D eigenvalue weighted by Crippen LogP contribution is -2.01. The van der Waals surface area contributed by atoms with Crippen LogP contribution in [0.15, 0.2) is 0 Å². The van der Waals surface area contributed by atoms with Gasteiger partial charge < -0.3 is 5.11 Å². The smallest absolute Gasteiger partial charge is 0.344 e. The number of rotatable bonds is 1. The highest BCUT2D eigenvalue weighted by atomic mass is 31.1. The van der Waals surface area contributed by atoms with E-state index in [1.807, 2.05) is 0 Å². The third-order valence-corrected chi connectivity index (χ3v) is 3.53. The van der Waals surface area contributed by atoms with Gasteiger partial charge in [-0.3, -0.25) is 0 Å². The van der Waals surface area contributed by atoms with Crippen LogP contribution in [0.25, 0.3) is 0 Å². The molecule has 1 rings (SSSR count). The number of aliphatic hydroxyl groups excluding tert-OH is 1. The van der Waals surface area contributed by atoms with Crippen molar-refractivity contribution in [3.63, 3.8) is 0 Å². The van der Waals surface area contributed by atoms with E-state index < -0.39 is 7.80 Å². The lowest BCUT2D eigenvalue weighted by atomic mass is 10.3. The van der Waals surface area contributed by atoms with E-state index in [0.717, 1.165) is 19.0 Å². The van der Waals surface area contributed by atoms with Crippen molar-refractivity contribution in [2.75, 3.05) is 12.8 Å². The van der Waals surface area contributed by atoms with Crippen molar-refractivity contribution in [1.29, 1.82) is 0 Å². The van der Waals surface area contributed by atoms with Crippen LogP contribution >= 0.6 is 7.80 Å². The molecule has 0 aromatic rings. The topological polar surface area (TPSA) is 37.3 Å². The van der Waals surface area contributed by atoms with Crippen molar-refractivity contribution in [3.8, 4) is 0 Å². The second kappa shape index (κ2) is 2.56. The molecule has 0 aromatic carbocycles. The molecule has 2 atom stereocenters. The van der Waals surface area contributed by atoms with E-state index in [0.29, 0.717) is 0 Å². The molecule has 1 fully saturated rings. The van der Waals surface area contributed by atoms with E-state index in [4.69, 9.17) is 5.11 Å². The van der Waals surface area contributed by atoms with Crippen LogP contribution in [0, 0.1) is 0 Å². The van der Waals surface area contributed by atoms with Crippen LogP contribution in [0.2, 0.25) is 0 Å². The van der Waals surface area contributed by atoms with Gasteiger partial charge in [-0.2, -0.15) is 0 Å². The van der Waals surface area contributed by atoms with Crippen LogP contribution in [0.1, 0.15) is 12.8 Å². The van der Waals surface area contributed by atoms with Gasteiger partial charge in [0.15, 0.2) is 5.66 Å². The first-order valence-electron chi connectivity index (χ1n) is 2.89. The molecule has 8 heavy (non-hydrogen) atoms. The van der Waals surface area contributed by atoms with Crippen molar-refractivity contribution < 1.29 is 9.67 Å². The summed E-state index contributed by atoms with van der Waals surface area (Å²) in [5.41, 5.74) is 0.130. The predicted octanol–water partition coefficient (Wildman–Crippen LogP) is 0.968. The SMILES string of the molecule is O=[P+]1CCC[C@H]1CO. The Labute approximate surface area is 49.7 Å². The third kappa shape index (κ3) is 1.07. The predicted molar refractivity (Wildman–Crippen MR) is 32.6 cm³/mol. The molecule has 1 unspecified atom stereocenters. The quantitative estimate of drug-likeness (QED) is 0.541. The van der Waals surface area contributed by atoms with Crippen LogP contribution < -0.4 is 0 Å². The molecule has 2 nitrogen and oxygen atoms in total. The molecule has 0 bridgehead atoms. The summed E-state index contributed by atoms with van der Waals surface area (Å²) >= 11 is 0. The van der Waals surface area contributed by atoms with Gasteiger partial charge >= 0.3 is 7.80 Å². The van der Waals surface area contributed by atoms with Crippen LogP contribution in [0.4, 0.5) is 0 Å². The highest BCUT2D eigenvalue weighted by molar-refractivity contribution is 7.45. The van der Waals surface area contributed by atoms with Crippen molar-refractivity contribution in [3.05, 3.63) is 0 Å². The average molecular weight is 133 g/mol. The molecule has 1 aliphatic rings. The fourth-order valence-electron chi connectivity index (χ4n) is 0.992. The molecule has 0 spiro atoms. The molecule has 1 N–H and O–H groups in total. The van der Waals surface area contributed by atoms with Gasteiger partial charge in [-0.25, -0.2) is 0 Å². The Morgan fingerprint density at radius 3 is 2.75 bits per heavy atom. The maximum absolute atomic E-state index is 10.8. The summed E-state index contributed by atoms with van der Waals surface area (Å²) in [5, 5.41) is 8.55. The fraction of sp³-hybridized carbons (Fsp3) is 1.00. The lowest BCUT2D eigenvalue weighted by molar-refractivity contribution is 0.290. The van der Waals surface area contributed by atoms with Crippen molar-refractivity contribution in [2.45, 2.75) is 18.5 Å². The van der Waals surface area contributed by atoms with Gasteiger partial charge in [-0.15, -0.1) is 0 Å². The molecule has 0 saturated carbocycles. The molecule has 0 amide bonds. The van der Waals surface area contributed by atoms with Crippen molar-refractivity contribution >= 4 is 7.80 Å². The summed E-state index contributed by atoms with van der Waals surface area (Å²) in [6.45, 7) is 0.120. The molecule has 0 aromatic heterocycles. The summed E-state index contributed by atoms with van der Waals surface area (Å²) in [6.07, 6.45) is 2.84. The lowest BCUT2D eigenvalue weighted by Gasteiger charge is -1.87. The van der Waals surface area contributed by atoms with E-state index in [1.54, 1.807) is 0 Å². The van der Waals surface area contributed by atoms with Crippen LogP contribution in [-0.2, 0) is 4.57 Å². The highest BCUT2D eigenvalue weighted by Gasteiger charge is 2.34. The Hall–Kier alpha value is 0.0600. The maximum atomic E-state index is 10.8. The summed E-state index contributed by atoms with van der Waals surface area (Å²) in [5.74, 6) is 0. The van der Waals surface area contributed by atoms with E-state index in [2.05, 4.69) is 0 Å². The van der Waals surface area contributed by atoms with Gasteiger partial charge in [-0.05, 0) is 6.42 Å². The Bertz CT molecular complexity index is 103. The largest absolute Gasteiger partial charge is 0.392 e. The van der Waals surface area contributed by atoms with Gasteiger partial charge in [-0.1, -0.05) is 4.57 Å². The zero-order chi connectivity index (χ0) is 5.98. The second-order valence-electron chi connectivity index (χ2n) is 2.12. The maximum Gasteiger partial charge on any atom is 0.344 e. The van der Waals surface area contributed by atoms with Crippen molar-refractivity contribution in [2.24, 2.45) is 0 Å². The third-order valence-electron chi connectivity index (χ3n) is 1.53. The Morgan fingerprint density at radius 2 is 2.50 bits per heavy atom. The average Bonchev–Trinajstić information content (AvgIpc) is 2.14. The minimum Gasteiger partial charge on any atom is -0.392 e. The van der Waals surface area contributed by atoms with E-state index in [-0.39, 0.29) is 12.3 Å². The minimum absolute atomic E-state index is 0.120. The zero-order valence-electron chi connectivity index (χ0n) is 4.71. The summed E-state index contributed by atoms with van der Waals surface area (Å²) in [7, 11) is -1.03. The number of hydrogen-bond acceptors (Lipinski definition) is 2. The second-order valence-corrected chi connectivity index (χ2v) is 4.13. The molecule has 3 heteroatoms. The van der Waals surface area contributed by atoms with E-state index in [9.17, 15) is 4.57 Å². The first-order chi connectivity index (χ1) is 3.84. The van der Waals surface area contributed by atoms with Gasteiger partial charge in [0.2, 0.25) is 0 Å². The summed E-state index contributed by atoms with van der Waals surface area (Å²) < 4.78 is 10.8. The summed E-state index contributed by atoms with van der Waals surface area (Å²) in [4.78, 5) is 0. The fourth-order valence-corrected chi connectivity index (χ4v) is 2.50. The zero-order valence-corrected chi connectivity index (χ0v) is 5.60. The Balaban J connectivity index is 2.42. The molecular weight excluding hydrogens is 123 g/mol. The molecule has 46 valence electrons. The highest BCUT2D eigenvalue weighted by Crippen LogP contribution is 2.38. The van der Waals surface area contributed by atoms with Crippen LogP contribution in [0.5, 0.6) is 0 Å². The molecular formula is C5H10O2P+. The Kier molecular flexibility index (Phi) is 1.98. The van der Waals surface area contributed by atoms with Gasteiger partial charge in [0.25, 0.3) is 0 Å². The normalized spacial score (nSPS) is 33.6. The molecule has 1 aliphatic heterocycles. The minimum atomic E-state index is -1.03. The standard InChI is InChI=1S/C5H10O2P/c6-4-5-2-1-3-8(5)7/h5-6H,1-4H2/q+1/t5-/m0/s1. The summed E-state index contributed by atoms with van der Waals surface area (Å²) in [6, 6.07) is 0. The first-order valence-corrected chi connectivity index (χ1v) is 4.40. The monoisotopic (exact) mass is 133 g/mol. The molecule has 0 aliphatic carbocycles. The van der Waals surface area contributed by atoms with Crippen molar-refractivity contribution in [1.82, 2.24) is 0 Å². The number of aliphatic hydroxyl groups is 1. The van der Waals surface area contributed by atoms with Crippen LogP contribution in [-0.4, -0.2) is 23.5 Å². The molecule has 1 saturated heterocycles. The van der Waals surface area contributed by atoms with Gasteiger partial charge in [0.05, 0.1) is 6.61 Å². The van der Waals surface area contributed by atoms with E-state index >= 15 is 0 Å². The first kappa shape index (κ1) is 6.18. The van der Waals surface area contributed by atoms with E-state index in [1.165, 1.54) is 0 Å². The van der Waals surface area contributed by atoms with Crippen LogP contribution in [0.3, 0.4) is 0 Å². The number of hydrogen-bond donors (Lipinski definition) is 1. The van der Waals surface area contributed by atoms with Gasteiger partial charge in [0.1, 0.15) is 6.16 Å². The molecule has 1 heterocycles. The Morgan fingerprint density at radius 1 is 1.75 bits per heavy atom. The molecule has 0 radical (unpaired) electrons. The van der Waals surface area contributed by atoms with Gasteiger partial charge in [0, 0.05) is 6.42 Å².